The predicted molar refractivity (Wildman–Crippen MR) is 161 cm³/mol. The van der Waals surface area contributed by atoms with Crippen molar-refractivity contribution in [1.82, 2.24) is 19.6 Å². The number of carbonyl (C=O) groups is 1. The molecular formula is C31H32N6O7. The molecule has 2 aromatic heterocycles. The Morgan fingerprint density at radius 1 is 1.16 bits per heavy atom. The van der Waals surface area contributed by atoms with E-state index in [2.05, 4.69) is 10.3 Å². The maximum Gasteiger partial charge on any atom is 0.297 e. The monoisotopic (exact) mass is 600 g/mol. The number of nitro groups is 1. The molecule has 1 amide bonds. The number of anilines is 1. The second-order valence-electron chi connectivity index (χ2n) is 10.5. The van der Waals surface area contributed by atoms with Crippen molar-refractivity contribution in [3.05, 3.63) is 116 Å². The maximum atomic E-state index is 13.9. The number of aliphatic hydroxyl groups is 2. The van der Waals surface area contributed by atoms with Gasteiger partial charge in [-0.05, 0) is 42.3 Å². The second kappa shape index (κ2) is 12.6. The van der Waals surface area contributed by atoms with E-state index in [9.17, 15) is 24.8 Å². The minimum Gasteiger partial charge on any atom is -0.491 e. The zero-order valence-corrected chi connectivity index (χ0v) is 24.2. The van der Waals surface area contributed by atoms with Crippen LogP contribution in [0.5, 0.6) is 5.75 Å². The lowest BCUT2D eigenvalue weighted by molar-refractivity contribution is -0.385. The van der Waals surface area contributed by atoms with Gasteiger partial charge >= 0.3 is 0 Å². The highest BCUT2D eigenvalue weighted by molar-refractivity contribution is 6.07. The molecular weight excluding hydrogens is 568 g/mol. The van der Waals surface area contributed by atoms with E-state index in [0.717, 1.165) is 5.56 Å². The van der Waals surface area contributed by atoms with Gasteiger partial charge in [0.15, 0.2) is 11.4 Å². The summed E-state index contributed by atoms with van der Waals surface area (Å²) in [6.07, 6.45) is 7.86. The molecule has 2 aromatic carbocycles. The average molecular weight is 601 g/mol. The molecule has 13 nitrogen and oxygen atoms in total. The van der Waals surface area contributed by atoms with Crippen LogP contribution in [0.4, 0.5) is 11.4 Å². The van der Waals surface area contributed by atoms with Crippen molar-refractivity contribution >= 4 is 17.3 Å². The fourth-order valence-corrected chi connectivity index (χ4v) is 5.31. The zero-order valence-electron chi connectivity index (χ0n) is 24.2. The van der Waals surface area contributed by atoms with Gasteiger partial charge in [-0.3, -0.25) is 29.0 Å². The molecule has 4 aromatic rings. The summed E-state index contributed by atoms with van der Waals surface area (Å²) in [4.78, 5) is 39.0. The van der Waals surface area contributed by atoms with Crippen LogP contribution in [0.2, 0.25) is 0 Å². The fourth-order valence-electron chi connectivity index (χ4n) is 5.31. The van der Waals surface area contributed by atoms with E-state index in [0.29, 0.717) is 36.5 Å². The molecule has 0 saturated heterocycles. The number of ether oxygens (including phenoxy) is 1. The third-order valence-electron chi connectivity index (χ3n) is 7.71. The van der Waals surface area contributed by atoms with E-state index in [4.69, 9.17) is 9.84 Å². The highest BCUT2D eigenvalue weighted by Crippen LogP contribution is 2.47. The van der Waals surface area contributed by atoms with Crippen molar-refractivity contribution in [3.8, 4) is 11.4 Å². The first kappa shape index (κ1) is 30.3. The van der Waals surface area contributed by atoms with Crippen molar-refractivity contribution < 1.29 is 24.7 Å². The van der Waals surface area contributed by atoms with Gasteiger partial charge in [-0.15, -0.1) is 5.10 Å². The Morgan fingerprint density at radius 3 is 2.64 bits per heavy atom. The number of nitrogens with zero attached hydrogens (tertiary/aromatic N) is 6. The first-order valence-corrected chi connectivity index (χ1v) is 14.0. The highest BCUT2D eigenvalue weighted by Gasteiger charge is 2.53. The number of benzene rings is 2. The lowest BCUT2D eigenvalue weighted by Crippen LogP contribution is -2.44. The number of aromatic nitrogens is 4. The standard InChI is InChI=1S/C31H32N6O7/c1-21(6-3-4-15-34-20-23(14-17-38)32-33-34)31(41)26-18-25(37(42)43)12-13-27(26)36(30(31)40)19-22-8-10-24(11-9-22)35-16-5-7-28(44-2)29(35)39/h3,5-13,16,18,20-21,38,41H,4,14-15,17,19H2,1-2H3/b6-3+/t21-,31+/m0/s1. The summed E-state index contributed by atoms with van der Waals surface area (Å²) < 4.78 is 8.22. The van der Waals surface area contributed by atoms with Crippen molar-refractivity contribution in [2.45, 2.75) is 38.5 Å². The summed E-state index contributed by atoms with van der Waals surface area (Å²) in [5, 5.41) is 40.6. The predicted octanol–water partition coefficient (Wildman–Crippen LogP) is 2.90. The molecule has 0 aliphatic carbocycles. The molecule has 44 heavy (non-hydrogen) atoms. The Kier molecular flexibility index (Phi) is 8.69. The number of hydrogen-bond donors (Lipinski definition) is 2. The molecule has 0 spiro atoms. The number of hydrogen-bond acceptors (Lipinski definition) is 9. The quantitative estimate of drug-likeness (QED) is 0.141. The van der Waals surface area contributed by atoms with Crippen LogP contribution >= 0.6 is 0 Å². The van der Waals surface area contributed by atoms with Crippen molar-refractivity contribution in [1.29, 1.82) is 0 Å². The third kappa shape index (κ3) is 5.74. The van der Waals surface area contributed by atoms with Gasteiger partial charge < -0.3 is 19.8 Å². The van der Waals surface area contributed by atoms with Crippen molar-refractivity contribution in [2.24, 2.45) is 5.92 Å². The lowest BCUT2D eigenvalue weighted by Gasteiger charge is -2.27. The van der Waals surface area contributed by atoms with Crippen LogP contribution in [0.3, 0.4) is 0 Å². The smallest absolute Gasteiger partial charge is 0.297 e. The molecule has 1 aliphatic heterocycles. The summed E-state index contributed by atoms with van der Waals surface area (Å²) in [5.41, 5.74) is -0.0198. The summed E-state index contributed by atoms with van der Waals surface area (Å²) in [7, 11) is 1.43. The third-order valence-corrected chi connectivity index (χ3v) is 7.71. The molecule has 2 N–H and O–H groups in total. The highest BCUT2D eigenvalue weighted by atomic mass is 16.6. The number of rotatable bonds is 12. The SMILES string of the molecule is COc1cccn(-c2ccc(CN3C(=O)[C@@](O)([C@@H](C)/C=C/CCn4cc(CCO)nn4)c4cc([N+](=O)[O-])ccc43)cc2)c1=O. The Balaban J connectivity index is 1.38. The number of amides is 1. The van der Waals surface area contributed by atoms with Crippen LogP contribution in [-0.2, 0) is 29.9 Å². The van der Waals surface area contributed by atoms with E-state index in [1.54, 1.807) is 66.5 Å². The van der Waals surface area contributed by atoms with Gasteiger partial charge in [0.2, 0.25) is 0 Å². The lowest BCUT2D eigenvalue weighted by atomic mass is 9.82. The summed E-state index contributed by atoms with van der Waals surface area (Å²) >= 11 is 0. The molecule has 2 atom stereocenters. The number of fused-ring (bicyclic) bond motifs is 1. The van der Waals surface area contributed by atoms with Crippen LogP contribution in [0, 0.1) is 16.0 Å². The van der Waals surface area contributed by atoms with Crippen LogP contribution in [0.1, 0.15) is 30.2 Å². The maximum absolute atomic E-state index is 13.9. The number of non-ortho nitro benzene ring substituents is 1. The van der Waals surface area contributed by atoms with Gasteiger partial charge in [0.25, 0.3) is 17.2 Å². The zero-order chi connectivity index (χ0) is 31.4. The fraction of sp³-hybridized carbons (Fsp3) is 0.290. The summed E-state index contributed by atoms with van der Waals surface area (Å²) in [6.45, 7) is 2.27. The van der Waals surface area contributed by atoms with Gasteiger partial charge in [0, 0.05) is 61.3 Å². The van der Waals surface area contributed by atoms with Gasteiger partial charge in [0.05, 0.1) is 30.0 Å². The van der Waals surface area contributed by atoms with Crippen molar-refractivity contribution in [3.63, 3.8) is 0 Å². The molecule has 5 rings (SSSR count). The Morgan fingerprint density at radius 2 is 1.93 bits per heavy atom. The second-order valence-corrected chi connectivity index (χ2v) is 10.5. The minimum absolute atomic E-state index is 0.0185. The Bertz CT molecular complexity index is 1760. The van der Waals surface area contributed by atoms with Gasteiger partial charge in [-0.25, -0.2) is 0 Å². The normalized spacial score (nSPS) is 16.8. The van der Waals surface area contributed by atoms with E-state index >= 15 is 0 Å². The largest absolute Gasteiger partial charge is 0.491 e. The molecule has 228 valence electrons. The number of nitro benzene ring substituents is 1. The Hall–Kier alpha value is -5.14. The molecule has 1 aliphatic rings. The van der Waals surface area contributed by atoms with Gasteiger partial charge in [-0.2, -0.15) is 0 Å². The first-order chi connectivity index (χ1) is 21.2. The summed E-state index contributed by atoms with van der Waals surface area (Å²) in [6, 6.07) is 14.4. The first-order valence-electron chi connectivity index (χ1n) is 14.0. The van der Waals surface area contributed by atoms with Crippen LogP contribution in [0.15, 0.2) is 83.9 Å². The van der Waals surface area contributed by atoms with E-state index in [-0.39, 0.29) is 35.7 Å². The van der Waals surface area contributed by atoms with E-state index in [1.165, 1.54) is 34.8 Å². The number of allylic oxidation sites excluding steroid dienone is 1. The number of methoxy groups -OCH3 is 1. The van der Waals surface area contributed by atoms with E-state index < -0.39 is 22.3 Å². The number of aliphatic hydroxyl groups excluding tert-OH is 1. The van der Waals surface area contributed by atoms with Crippen molar-refractivity contribution in [2.75, 3.05) is 18.6 Å². The topological polar surface area (TPSA) is 166 Å². The molecule has 3 heterocycles. The van der Waals surface area contributed by atoms with Crippen LogP contribution < -0.4 is 15.2 Å². The summed E-state index contributed by atoms with van der Waals surface area (Å²) in [5.74, 6) is -1.11. The molecule has 13 heteroatoms. The van der Waals surface area contributed by atoms with Crippen LogP contribution in [-0.4, -0.2) is 54.3 Å². The number of aryl methyl sites for hydroxylation is 1. The Labute approximate surface area is 252 Å². The molecule has 0 unspecified atom stereocenters. The average Bonchev–Trinajstić information content (AvgIpc) is 3.56. The van der Waals surface area contributed by atoms with Crippen LogP contribution in [0.25, 0.3) is 5.69 Å². The van der Waals surface area contributed by atoms with Gasteiger partial charge in [-0.1, -0.05) is 36.4 Å². The van der Waals surface area contributed by atoms with Gasteiger partial charge in [0.1, 0.15) is 0 Å². The molecule has 0 bridgehead atoms. The number of carbonyl (C=O) groups excluding carboxylic acids is 1. The molecule has 0 fully saturated rings. The molecule has 0 saturated carbocycles. The minimum atomic E-state index is -2.03. The number of pyridine rings is 1. The molecule has 0 radical (unpaired) electrons. The van der Waals surface area contributed by atoms with E-state index in [1.807, 2.05) is 6.08 Å².